The van der Waals surface area contributed by atoms with Gasteiger partial charge in [-0.25, -0.2) is 0 Å². The van der Waals surface area contributed by atoms with Gasteiger partial charge in [0.2, 0.25) is 5.91 Å². The highest BCUT2D eigenvalue weighted by molar-refractivity contribution is 14.1. The molecule has 1 saturated heterocycles. The number of imide groups is 1. The van der Waals surface area contributed by atoms with Crippen LogP contribution in [0.25, 0.3) is 6.08 Å². The first kappa shape index (κ1) is 29.7. The monoisotopic (exact) mass is 688 g/mol. The van der Waals surface area contributed by atoms with E-state index in [1.165, 1.54) is 0 Å². The van der Waals surface area contributed by atoms with Gasteiger partial charge >= 0.3 is 0 Å². The second kappa shape index (κ2) is 13.9. The van der Waals surface area contributed by atoms with Crippen LogP contribution in [0.2, 0.25) is 5.02 Å². The minimum atomic E-state index is -0.529. The maximum Gasteiger partial charge on any atom is 0.294 e. The minimum Gasteiger partial charge on any atom is -0.490 e. The summed E-state index contributed by atoms with van der Waals surface area (Å²) in [5.41, 5.74) is 3.01. The van der Waals surface area contributed by atoms with Crippen LogP contribution in [0.3, 0.4) is 0 Å². The van der Waals surface area contributed by atoms with Crippen molar-refractivity contribution in [2.75, 3.05) is 18.5 Å². The van der Waals surface area contributed by atoms with E-state index in [0.29, 0.717) is 47.4 Å². The highest BCUT2D eigenvalue weighted by Crippen LogP contribution is 2.38. The molecule has 40 heavy (non-hydrogen) atoms. The fourth-order valence-electron chi connectivity index (χ4n) is 3.90. The smallest absolute Gasteiger partial charge is 0.294 e. The lowest BCUT2D eigenvalue weighted by molar-refractivity contribution is -0.127. The first-order valence-corrected chi connectivity index (χ1v) is 14.6. The number of hydrogen-bond acceptors (Lipinski definition) is 6. The zero-order chi connectivity index (χ0) is 28.6. The van der Waals surface area contributed by atoms with Crippen molar-refractivity contribution in [1.82, 2.24) is 4.90 Å². The summed E-state index contributed by atoms with van der Waals surface area (Å²) in [5, 5.41) is 2.85. The molecule has 3 aromatic rings. The molecule has 206 valence electrons. The van der Waals surface area contributed by atoms with Gasteiger partial charge in [0.05, 0.1) is 11.5 Å². The number of allylic oxidation sites excluding steroid dienone is 1. The molecule has 10 heteroatoms. The molecule has 3 aromatic carbocycles. The first-order chi connectivity index (χ1) is 19.3. The largest absolute Gasteiger partial charge is 0.490 e. The lowest BCUT2D eigenvalue weighted by Gasteiger charge is -2.17. The van der Waals surface area contributed by atoms with Crippen LogP contribution < -0.4 is 14.8 Å². The van der Waals surface area contributed by atoms with E-state index in [-0.39, 0.29) is 11.4 Å². The number of rotatable bonds is 11. The van der Waals surface area contributed by atoms with E-state index in [1.807, 2.05) is 37.3 Å². The van der Waals surface area contributed by atoms with Crippen molar-refractivity contribution in [3.63, 3.8) is 0 Å². The Labute approximate surface area is 255 Å². The predicted octanol–water partition coefficient (Wildman–Crippen LogP) is 7.33. The fourth-order valence-corrected chi connectivity index (χ4v) is 5.23. The number of thioether (sulfide) groups is 1. The summed E-state index contributed by atoms with van der Waals surface area (Å²) in [4.78, 5) is 39.4. The summed E-state index contributed by atoms with van der Waals surface area (Å²) in [6.07, 6.45) is 3.88. The molecule has 1 N–H and O–H groups in total. The van der Waals surface area contributed by atoms with Crippen molar-refractivity contribution in [3.8, 4) is 11.5 Å². The fraction of sp³-hybridized carbons (Fsp3) is 0.167. The predicted molar refractivity (Wildman–Crippen MR) is 168 cm³/mol. The average Bonchev–Trinajstić information content (AvgIpc) is 3.18. The van der Waals surface area contributed by atoms with Gasteiger partial charge in [-0.1, -0.05) is 29.8 Å². The molecular weight excluding hydrogens is 663 g/mol. The lowest BCUT2D eigenvalue weighted by atomic mass is 10.0. The Hall–Kier alpha value is -3.28. The van der Waals surface area contributed by atoms with E-state index in [4.69, 9.17) is 21.1 Å². The maximum absolute atomic E-state index is 13.1. The Morgan fingerprint density at radius 1 is 1.10 bits per heavy atom. The molecule has 1 aliphatic heterocycles. The van der Waals surface area contributed by atoms with Gasteiger partial charge in [-0.05, 0) is 113 Å². The molecule has 0 spiro atoms. The van der Waals surface area contributed by atoms with Crippen molar-refractivity contribution < 1.29 is 23.9 Å². The van der Waals surface area contributed by atoms with Gasteiger partial charge in [-0.15, -0.1) is 6.58 Å². The highest BCUT2D eigenvalue weighted by Gasteiger charge is 2.36. The van der Waals surface area contributed by atoms with Crippen LogP contribution in [0.4, 0.5) is 10.5 Å². The number of amides is 3. The molecule has 0 aliphatic carbocycles. The van der Waals surface area contributed by atoms with Crippen LogP contribution in [0.15, 0.2) is 78.2 Å². The molecule has 0 bridgehead atoms. The van der Waals surface area contributed by atoms with Crippen molar-refractivity contribution >= 4 is 74.8 Å². The molecule has 0 aromatic heterocycles. The van der Waals surface area contributed by atoms with Crippen LogP contribution >= 0.6 is 46.0 Å². The SMILES string of the molecule is C=CCc1cc(/C=C2\SC(=O)N(CC(=O)Nc3ccc(I)cc3)C2=O)cc(OCC)c1OCc1ccc(Cl)cc1. The van der Waals surface area contributed by atoms with Crippen molar-refractivity contribution in [2.24, 2.45) is 0 Å². The van der Waals surface area contributed by atoms with Gasteiger partial charge < -0.3 is 14.8 Å². The molecule has 7 nitrogen and oxygen atoms in total. The molecular formula is C30H26ClIN2O5S. The Morgan fingerprint density at radius 2 is 1.82 bits per heavy atom. The third-order valence-corrected chi connectivity index (χ3v) is 7.59. The third kappa shape index (κ3) is 7.67. The molecule has 0 radical (unpaired) electrons. The molecule has 1 fully saturated rings. The Bertz CT molecular complexity index is 1460. The number of nitrogens with one attached hydrogen (secondary N) is 1. The number of benzene rings is 3. The molecule has 3 amide bonds. The number of nitrogens with zero attached hydrogens (tertiary/aromatic N) is 1. The standard InChI is InChI=1S/C30H26ClIN2O5S/c1-3-5-21-14-20(15-25(38-4-2)28(21)39-18-19-6-8-22(31)9-7-19)16-26-29(36)34(30(37)40-26)17-27(35)33-24-12-10-23(32)11-13-24/h3,6-16H,1,4-5,17-18H2,2H3,(H,33,35)/b26-16-. The number of carbonyl (C=O) groups is 3. The molecule has 0 atom stereocenters. The highest BCUT2D eigenvalue weighted by atomic mass is 127. The Balaban J connectivity index is 1.54. The summed E-state index contributed by atoms with van der Waals surface area (Å²) in [6, 6.07) is 18.2. The lowest BCUT2D eigenvalue weighted by Crippen LogP contribution is -2.36. The molecule has 0 saturated carbocycles. The van der Waals surface area contributed by atoms with Crippen molar-refractivity contribution in [2.45, 2.75) is 20.0 Å². The van der Waals surface area contributed by atoms with Crippen LogP contribution in [-0.4, -0.2) is 35.1 Å². The van der Waals surface area contributed by atoms with E-state index >= 15 is 0 Å². The topological polar surface area (TPSA) is 84.9 Å². The van der Waals surface area contributed by atoms with Crippen molar-refractivity contribution in [1.29, 1.82) is 0 Å². The van der Waals surface area contributed by atoms with Gasteiger partial charge in [-0.3, -0.25) is 19.3 Å². The second-order valence-electron chi connectivity index (χ2n) is 8.67. The van der Waals surface area contributed by atoms with Crippen LogP contribution in [0, 0.1) is 3.57 Å². The van der Waals surface area contributed by atoms with E-state index in [1.54, 1.807) is 42.5 Å². The quantitative estimate of drug-likeness (QED) is 0.129. The second-order valence-corrected chi connectivity index (χ2v) is 11.3. The van der Waals surface area contributed by atoms with Gasteiger partial charge in [0.25, 0.3) is 11.1 Å². The van der Waals surface area contributed by atoms with Gasteiger partial charge in [-0.2, -0.15) is 0 Å². The van der Waals surface area contributed by atoms with Gasteiger partial charge in [0.1, 0.15) is 13.2 Å². The zero-order valence-electron chi connectivity index (χ0n) is 21.6. The van der Waals surface area contributed by atoms with Crippen LogP contribution in [0.1, 0.15) is 23.6 Å². The molecule has 1 aliphatic rings. The number of carbonyl (C=O) groups excluding carboxylic acids is 3. The summed E-state index contributed by atoms with van der Waals surface area (Å²) in [6.45, 7) is 6.06. The minimum absolute atomic E-state index is 0.217. The number of hydrogen-bond donors (Lipinski definition) is 1. The van der Waals surface area contributed by atoms with Crippen molar-refractivity contribution in [3.05, 3.63) is 104 Å². The molecule has 1 heterocycles. The maximum atomic E-state index is 13.1. The first-order valence-electron chi connectivity index (χ1n) is 12.4. The zero-order valence-corrected chi connectivity index (χ0v) is 25.3. The number of ether oxygens (including phenoxy) is 2. The van der Waals surface area contributed by atoms with Crippen LogP contribution in [0.5, 0.6) is 11.5 Å². The Kier molecular flexibility index (Phi) is 10.3. The summed E-state index contributed by atoms with van der Waals surface area (Å²) in [5.74, 6) is 0.102. The number of anilines is 1. The number of halogens is 2. The third-order valence-electron chi connectivity index (χ3n) is 5.72. The summed E-state index contributed by atoms with van der Waals surface area (Å²) < 4.78 is 13.1. The molecule has 4 rings (SSSR count). The average molecular weight is 689 g/mol. The normalized spacial score (nSPS) is 14.0. The Morgan fingerprint density at radius 3 is 2.50 bits per heavy atom. The van der Waals surface area contributed by atoms with Gasteiger partial charge in [0, 0.05) is 19.8 Å². The summed E-state index contributed by atoms with van der Waals surface area (Å²) >= 11 is 8.95. The van der Waals surface area contributed by atoms with Gasteiger partial charge in [0.15, 0.2) is 11.5 Å². The van der Waals surface area contributed by atoms with Crippen LogP contribution in [-0.2, 0) is 22.6 Å². The van der Waals surface area contributed by atoms with E-state index in [2.05, 4.69) is 34.5 Å². The van der Waals surface area contributed by atoms with E-state index in [9.17, 15) is 14.4 Å². The van der Waals surface area contributed by atoms with E-state index in [0.717, 1.165) is 31.4 Å². The van der Waals surface area contributed by atoms with E-state index < -0.39 is 17.1 Å². The molecule has 0 unspecified atom stereocenters. The summed E-state index contributed by atoms with van der Waals surface area (Å²) in [7, 11) is 0.